The van der Waals surface area contributed by atoms with Crippen LogP contribution in [-0.2, 0) is 0 Å². The number of nitrogens with zero attached hydrogens (tertiary/aromatic N) is 1. The standard InChI is InChI=1S/C5H4F5NOS/c6-13(7,8,9,10)5-2-1-4(12)3-11-5/h1-3,12H. The van der Waals surface area contributed by atoms with Gasteiger partial charge in [-0.3, -0.25) is 0 Å². The van der Waals surface area contributed by atoms with Crippen molar-refractivity contribution in [2.24, 2.45) is 0 Å². The molecule has 1 heterocycles. The molecule has 0 bridgehead atoms. The SMILES string of the molecule is Oc1ccc(S(F)(F)(F)(F)F)nc1. The summed E-state index contributed by atoms with van der Waals surface area (Å²) < 4.78 is 59.7. The second-order valence-electron chi connectivity index (χ2n) is 2.32. The van der Waals surface area contributed by atoms with Gasteiger partial charge in [0.05, 0.1) is 6.20 Å². The molecule has 76 valence electrons. The summed E-state index contributed by atoms with van der Waals surface area (Å²) in [5.41, 5.74) is 0. The third-order valence-electron chi connectivity index (χ3n) is 1.12. The van der Waals surface area contributed by atoms with E-state index in [1.807, 2.05) is 0 Å². The number of pyridine rings is 1. The summed E-state index contributed by atoms with van der Waals surface area (Å²) >= 11 is 0. The fourth-order valence-electron chi connectivity index (χ4n) is 0.601. The van der Waals surface area contributed by atoms with Crippen LogP contribution < -0.4 is 0 Å². The Morgan fingerprint density at radius 2 is 1.62 bits per heavy atom. The van der Waals surface area contributed by atoms with Gasteiger partial charge < -0.3 is 5.11 Å². The quantitative estimate of drug-likeness (QED) is 0.737. The zero-order valence-corrected chi connectivity index (χ0v) is 6.74. The molecule has 0 fully saturated rings. The Morgan fingerprint density at radius 3 is 1.92 bits per heavy atom. The predicted molar refractivity (Wildman–Crippen MR) is 37.3 cm³/mol. The van der Waals surface area contributed by atoms with Crippen molar-refractivity contribution in [3.05, 3.63) is 18.3 Å². The first-order valence-electron chi connectivity index (χ1n) is 2.88. The van der Waals surface area contributed by atoms with E-state index in [1.54, 1.807) is 0 Å². The Balaban J connectivity index is 3.34. The number of aromatic hydroxyl groups is 1. The van der Waals surface area contributed by atoms with E-state index in [0.717, 1.165) is 0 Å². The van der Waals surface area contributed by atoms with Gasteiger partial charge in [0.2, 0.25) is 0 Å². The number of aromatic nitrogens is 1. The van der Waals surface area contributed by atoms with Crippen LogP contribution >= 0.6 is 10.2 Å². The van der Waals surface area contributed by atoms with E-state index in [4.69, 9.17) is 5.11 Å². The highest BCUT2D eigenvalue weighted by molar-refractivity contribution is 8.45. The van der Waals surface area contributed by atoms with Crippen LogP contribution in [0, 0.1) is 0 Å². The number of rotatable bonds is 1. The molecule has 0 aliphatic heterocycles. The van der Waals surface area contributed by atoms with Crippen LogP contribution in [0.4, 0.5) is 19.4 Å². The van der Waals surface area contributed by atoms with Crippen molar-refractivity contribution < 1.29 is 24.5 Å². The summed E-state index contributed by atoms with van der Waals surface area (Å²) in [5, 5.41) is 6.28. The molecule has 1 N–H and O–H groups in total. The predicted octanol–water partition coefficient (Wildman–Crippen LogP) is 3.44. The van der Waals surface area contributed by atoms with E-state index in [1.165, 1.54) is 0 Å². The molecule has 1 aromatic heterocycles. The highest BCUT2D eigenvalue weighted by atomic mass is 32.5. The van der Waals surface area contributed by atoms with Crippen LogP contribution in [0.3, 0.4) is 0 Å². The van der Waals surface area contributed by atoms with Crippen molar-refractivity contribution in [1.82, 2.24) is 4.98 Å². The lowest BCUT2D eigenvalue weighted by Gasteiger charge is -2.39. The van der Waals surface area contributed by atoms with Gasteiger partial charge in [-0.2, -0.15) is 0 Å². The first-order valence-corrected chi connectivity index (χ1v) is 4.83. The van der Waals surface area contributed by atoms with E-state index in [9.17, 15) is 19.4 Å². The monoisotopic (exact) mass is 221 g/mol. The molecule has 0 amide bonds. The van der Waals surface area contributed by atoms with Gasteiger partial charge in [-0.1, -0.05) is 19.4 Å². The molecule has 0 radical (unpaired) electrons. The molecular formula is C5H4F5NOS. The molecular weight excluding hydrogens is 217 g/mol. The smallest absolute Gasteiger partial charge is 0.325 e. The maximum atomic E-state index is 11.9. The lowest BCUT2D eigenvalue weighted by atomic mass is 10.5. The van der Waals surface area contributed by atoms with Gasteiger partial charge in [0.1, 0.15) is 5.75 Å². The molecule has 0 saturated heterocycles. The molecule has 0 aliphatic rings. The fourth-order valence-corrected chi connectivity index (χ4v) is 1.18. The molecule has 0 spiro atoms. The van der Waals surface area contributed by atoms with Gasteiger partial charge >= 0.3 is 10.2 Å². The Bertz CT molecular complexity index is 329. The second kappa shape index (κ2) is 1.89. The van der Waals surface area contributed by atoms with E-state index >= 15 is 0 Å². The lowest BCUT2D eigenvalue weighted by Crippen LogP contribution is -2.07. The van der Waals surface area contributed by atoms with Crippen molar-refractivity contribution >= 4 is 10.2 Å². The summed E-state index contributed by atoms with van der Waals surface area (Å²) in [6.45, 7) is 0. The molecule has 1 aromatic rings. The molecule has 2 nitrogen and oxygen atoms in total. The number of halogens is 5. The van der Waals surface area contributed by atoms with Gasteiger partial charge in [-0.15, -0.1) is 0 Å². The molecule has 8 heteroatoms. The third-order valence-corrected chi connectivity index (χ3v) is 2.15. The Hall–Kier alpha value is -1.05. The van der Waals surface area contributed by atoms with Crippen molar-refractivity contribution in [1.29, 1.82) is 0 Å². The van der Waals surface area contributed by atoms with Gasteiger partial charge in [0.15, 0.2) is 5.03 Å². The Kier molecular flexibility index (Phi) is 1.46. The van der Waals surface area contributed by atoms with E-state index in [-0.39, 0.29) is 6.07 Å². The minimum absolute atomic E-state index is 0.0386. The summed E-state index contributed by atoms with van der Waals surface area (Å²) in [6, 6.07) is 0.539. The van der Waals surface area contributed by atoms with Crippen LogP contribution in [0.15, 0.2) is 23.4 Å². The zero-order valence-electron chi connectivity index (χ0n) is 5.92. The molecule has 1 rings (SSSR count). The zero-order chi connectivity index (χ0) is 10.4. The van der Waals surface area contributed by atoms with E-state index in [2.05, 4.69) is 4.98 Å². The Labute approximate surface area is 69.7 Å². The molecule has 0 aliphatic carbocycles. The first-order chi connectivity index (χ1) is 5.49. The van der Waals surface area contributed by atoms with Crippen molar-refractivity contribution in [2.45, 2.75) is 5.03 Å². The number of hydrogen-bond donors (Lipinski definition) is 1. The van der Waals surface area contributed by atoms with Gasteiger partial charge in [-0.25, -0.2) is 4.98 Å². The highest BCUT2D eigenvalue weighted by Gasteiger charge is 2.67. The fraction of sp³-hybridized carbons (Fsp3) is 0. The average molecular weight is 221 g/mol. The van der Waals surface area contributed by atoms with Crippen LogP contribution in [0.25, 0.3) is 0 Å². The summed E-state index contributed by atoms with van der Waals surface area (Å²) in [4.78, 5) is 2.42. The average Bonchev–Trinajstić information content (AvgIpc) is 1.82. The maximum absolute atomic E-state index is 11.9. The summed E-state index contributed by atoms with van der Waals surface area (Å²) in [6.07, 6.45) is 0.313. The summed E-state index contributed by atoms with van der Waals surface area (Å²) in [5.74, 6) is -0.606. The molecule has 0 saturated carbocycles. The van der Waals surface area contributed by atoms with Crippen molar-refractivity contribution in [3.8, 4) is 5.75 Å². The minimum atomic E-state index is -9.67. The summed E-state index contributed by atoms with van der Waals surface area (Å²) in [7, 11) is -9.67. The lowest BCUT2D eigenvalue weighted by molar-refractivity contribution is 0.357. The normalized spacial score (nSPS) is 17.6. The van der Waals surface area contributed by atoms with Gasteiger partial charge in [-0.05, 0) is 12.1 Å². The van der Waals surface area contributed by atoms with Gasteiger partial charge in [0, 0.05) is 0 Å². The van der Waals surface area contributed by atoms with E-state index in [0.29, 0.717) is 12.3 Å². The molecule has 0 aromatic carbocycles. The second-order valence-corrected chi connectivity index (χ2v) is 4.68. The topological polar surface area (TPSA) is 33.1 Å². The minimum Gasteiger partial charge on any atom is -0.506 e. The van der Waals surface area contributed by atoms with Crippen molar-refractivity contribution in [3.63, 3.8) is 0 Å². The largest absolute Gasteiger partial charge is 0.506 e. The van der Waals surface area contributed by atoms with Crippen LogP contribution in [-0.4, -0.2) is 10.1 Å². The highest BCUT2D eigenvalue weighted by Crippen LogP contribution is 3.01. The first kappa shape index (κ1) is 10.0. The van der Waals surface area contributed by atoms with Crippen molar-refractivity contribution in [2.75, 3.05) is 0 Å². The van der Waals surface area contributed by atoms with Gasteiger partial charge in [0.25, 0.3) is 0 Å². The third kappa shape index (κ3) is 2.44. The number of hydrogen-bond acceptors (Lipinski definition) is 2. The van der Waals surface area contributed by atoms with E-state index < -0.39 is 21.0 Å². The Morgan fingerprint density at radius 1 is 1.08 bits per heavy atom. The van der Waals surface area contributed by atoms with Crippen LogP contribution in [0.5, 0.6) is 5.75 Å². The maximum Gasteiger partial charge on any atom is 0.325 e. The molecule has 13 heavy (non-hydrogen) atoms. The van der Waals surface area contributed by atoms with Crippen LogP contribution in [0.1, 0.15) is 0 Å². The van der Waals surface area contributed by atoms with Crippen LogP contribution in [0.2, 0.25) is 0 Å². The molecule has 0 unspecified atom stereocenters. The molecule has 0 atom stereocenters.